The summed E-state index contributed by atoms with van der Waals surface area (Å²) in [4.78, 5) is 21.3. The van der Waals surface area contributed by atoms with Gasteiger partial charge < -0.3 is 14.9 Å². The van der Waals surface area contributed by atoms with Gasteiger partial charge in [-0.2, -0.15) is 0 Å². The van der Waals surface area contributed by atoms with Crippen LogP contribution in [0.3, 0.4) is 0 Å². The van der Waals surface area contributed by atoms with Gasteiger partial charge in [-0.15, -0.1) is 0 Å². The van der Waals surface area contributed by atoms with Crippen LogP contribution in [0.15, 0.2) is 18.2 Å². The van der Waals surface area contributed by atoms with Crippen molar-refractivity contribution >= 4 is 11.9 Å². The highest BCUT2D eigenvalue weighted by molar-refractivity contribution is 5.66. The minimum atomic E-state index is -0.770. The lowest BCUT2D eigenvalue weighted by atomic mass is 9.96. The average Bonchev–Trinajstić information content (AvgIpc) is 2.47. The lowest BCUT2D eigenvalue weighted by molar-refractivity contribution is -0.138. The molecule has 0 aliphatic rings. The molecule has 140 valence electrons. The van der Waals surface area contributed by atoms with Crippen molar-refractivity contribution in [1.29, 1.82) is 0 Å². The van der Waals surface area contributed by atoms with E-state index in [1.807, 2.05) is 32.9 Å². The first-order chi connectivity index (χ1) is 11.7. The van der Waals surface area contributed by atoms with Gasteiger partial charge in [0.05, 0.1) is 0 Å². The van der Waals surface area contributed by atoms with Crippen molar-refractivity contribution in [3.05, 3.63) is 29.3 Å². The summed E-state index contributed by atoms with van der Waals surface area (Å²) in [6.07, 6.45) is 4.83. The summed E-state index contributed by atoms with van der Waals surface area (Å²) in [5, 5.41) is 17.5. The summed E-state index contributed by atoms with van der Waals surface area (Å²) in [5.41, 5.74) is 1.98. The molecule has 0 heterocycles. The summed E-state index contributed by atoms with van der Waals surface area (Å²) in [6.45, 7) is 6.00. The molecule has 0 spiro atoms. The first-order valence-corrected chi connectivity index (χ1v) is 8.92. The van der Waals surface area contributed by atoms with Crippen LogP contribution >= 0.6 is 0 Å². The molecule has 5 heteroatoms. The predicted molar refractivity (Wildman–Crippen MR) is 97.2 cm³/mol. The van der Waals surface area contributed by atoms with Crippen LogP contribution in [-0.2, 0) is 22.4 Å². The Bertz CT molecular complexity index is 572. The third kappa shape index (κ3) is 9.13. The lowest BCUT2D eigenvalue weighted by Crippen LogP contribution is -2.24. The summed E-state index contributed by atoms with van der Waals surface area (Å²) in [7, 11) is 0. The molecule has 0 saturated heterocycles. The molecule has 1 rings (SSSR count). The monoisotopic (exact) mass is 350 g/mol. The molecular formula is C20H30O5. The largest absolute Gasteiger partial charge is 0.488 e. The van der Waals surface area contributed by atoms with Crippen LogP contribution in [0.4, 0.5) is 0 Å². The maximum Gasteiger partial charge on any atom is 0.303 e. The Kier molecular flexibility index (Phi) is 8.46. The number of carboxylic acids is 2. The SMILES string of the molecule is CC(C)(C)Oc1cccc(CCCCC(=O)O)c1CCCCC(=O)O. The molecule has 25 heavy (non-hydrogen) atoms. The number of benzene rings is 1. The number of hydrogen-bond donors (Lipinski definition) is 2. The van der Waals surface area contributed by atoms with E-state index in [0.717, 1.165) is 37.0 Å². The fourth-order valence-electron chi connectivity index (χ4n) is 2.72. The molecule has 0 radical (unpaired) electrons. The van der Waals surface area contributed by atoms with Crippen molar-refractivity contribution in [3.63, 3.8) is 0 Å². The van der Waals surface area contributed by atoms with Crippen LogP contribution in [0.5, 0.6) is 5.75 Å². The van der Waals surface area contributed by atoms with Crippen molar-refractivity contribution in [2.45, 2.75) is 77.7 Å². The highest BCUT2D eigenvalue weighted by atomic mass is 16.5. The number of rotatable bonds is 11. The Balaban J connectivity index is 2.83. The van der Waals surface area contributed by atoms with Crippen LogP contribution in [-0.4, -0.2) is 27.8 Å². The molecule has 0 amide bonds. The van der Waals surface area contributed by atoms with Gasteiger partial charge in [-0.1, -0.05) is 12.1 Å². The number of ether oxygens (including phenoxy) is 1. The number of aryl methyl sites for hydroxylation is 1. The fourth-order valence-corrected chi connectivity index (χ4v) is 2.72. The Labute approximate surface area is 150 Å². The van der Waals surface area contributed by atoms with Crippen molar-refractivity contribution in [2.24, 2.45) is 0 Å². The first-order valence-electron chi connectivity index (χ1n) is 8.92. The van der Waals surface area contributed by atoms with Gasteiger partial charge in [0.1, 0.15) is 11.4 Å². The van der Waals surface area contributed by atoms with Gasteiger partial charge >= 0.3 is 11.9 Å². The predicted octanol–water partition coefficient (Wildman–Crippen LogP) is 4.46. The molecule has 0 atom stereocenters. The maximum absolute atomic E-state index is 10.7. The van der Waals surface area contributed by atoms with Gasteiger partial charge in [-0.25, -0.2) is 0 Å². The molecule has 2 N–H and O–H groups in total. The van der Waals surface area contributed by atoms with Crippen LogP contribution in [0, 0.1) is 0 Å². The molecule has 0 aromatic heterocycles. The number of unbranched alkanes of at least 4 members (excludes halogenated alkanes) is 2. The van der Waals surface area contributed by atoms with E-state index in [9.17, 15) is 9.59 Å². The Morgan fingerprint density at radius 3 is 2.00 bits per heavy atom. The minimum absolute atomic E-state index is 0.177. The topological polar surface area (TPSA) is 83.8 Å². The third-order valence-electron chi connectivity index (χ3n) is 3.80. The molecule has 0 unspecified atom stereocenters. The number of carbonyl (C=O) groups is 2. The lowest BCUT2D eigenvalue weighted by Gasteiger charge is -2.25. The van der Waals surface area contributed by atoms with E-state index in [1.165, 1.54) is 5.56 Å². The van der Waals surface area contributed by atoms with Gasteiger partial charge in [0.2, 0.25) is 0 Å². The van der Waals surface area contributed by atoms with Gasteiger partial charge in [-0.3, -0.25) is 9.59 Å². The Morgan fingerprint density at radius 2 is 1.48 bits per heavy atom. The number of carboxylic acid groups (broad SMARTS) is 2. The van der Waals surface area contributed by atoms with Gasteiger partial charge in [0.25, 0.3) is 0 Å². The Hall–Kier alpha value is -2.04. The summed E-state index contributed by atoms with van der Waals surface area (Å²) in [6, 6.07) is 5.98. The highest BCUT2D eigenvalue weighted by Gasteiger charge is 2.17. The zero-order chi connectivity index (χ0) is 18.9. The van der Waals surface area contributed by atoms with Gasteiger partial charge in [0.15, 0.2) is 0 Å². The molecular weight excluding hydrogens is 320 g/mol. The van der Waals surface area contributed by atoms with Crippen LogP contribution in [0.2, 0.25) is 0 Å². The molecule has 5 nitrogen and oxygen atoms in total. The quantitative estimate of drug-likeness (QED) is 0.576. The summed E-state index contributed by atoms with van der Waals surface area (Å²) >= 11 is 0. The average molecular weight is 350 g/mol. The second-order valence-corrected chi connectivity index (χ2v) is 7.31. The van der Waals surface area contributed by atoms with Crippen molar-refractivity contribution < 1.29 is 24.5 Å². The van der Waals surface area contributed by atoms with E-state index >= 15 is 0 Å². The van der Waals surface area contributed by atoms with E-state index < -0.39 is 11.9 Å². The van der Waals surface area contributed by atoms with E-state index in [1.54, 1.807) is 0 Å². The molecule has 0 aliphatic heterocycles. The minimum Gasteiger partial charge on any atom is -0.488 e. The fraction of sp³-hybridized carbons (Fsp3) is 0.600. The smallest absolute Gasteiger partial charge is 0.303 e. The summed E-state index contributed by atoms with van der Waals surface area (Å²) in [5.74, 6) is -0.689. The van der Waals surface area contributed by atoms with Crippen LogP contribution in [0.1, 0.15) is 70.4 Å². The molecule has 0 bridgehead atoms. The second-order valence-electron chi connectivity index (χ2n) is 7.31. The maximum atomic E-state index is 10.7. The molecule has 1 aromatic rings. The molecule has 0 saturated carbocycles. The van der Waals surface area contributed by atoms with Crippen LogP contribution < -0.4 is 4.74 Å². The van der Waals surface area contributed by atoms with E-state index in [2.05, 4.69) is 6.07 Å². The standard InChI is InChI=1S/C20H30O5/c1-20(2,3)25-17-12-8-10-15(9-4-6-13-18(21)22)16(17)11-5-7-14-19(23)24/h8,10,12H,4-7,9,11,13-14H2,1-3H3,(H,21,22)(H,23,24). The molecule has 0 aliphatic carbocycles. The zero-order valence-corrected chi connectivity index (χ0v) is 15.5. The zero-order valence-electron chi connectivity index (χ0n) is 15.5. The molecule has 0 fully saturated rings. The van der Waals surface area contributed by atoms with Gasteiger partial charge in [0, 0.05) is 12.8 Å². The third-order valence-corrected chi connectivity index (χ3v) is 3.80. The number of hydrogen-bond acceptors (Lipinski definition) is 3. The van der Waals surface area contributed by atoms with E-state index in [-0.39, 0.29) is 18.4 Å². The summed E-state index contributed by atoms with van der Waals surface area (Å²) < 4.78 is 6.09. The highest BCUT2D eigenvalue weighted by Crippen LogP contribution is 2.29. The first kappa shape index (κ1) is 21.0. The second kappa shape index (κ2) is 10.1. The number of aliphatic carboxylic acids is 2. The van der Waals surface area contributed by atoms with E-state index in [4.69, 9.17) is 14.9 Å². The molecule has 1 aromatic carbocycles. The van der Waals surface area contributed by atoms with Gasteiger partial charge in [-0.05, 0) is 76.5 Å². The van der Waals surface area contributed by atoms with Crippen molar-refractivity contribution in [3.8, 4) is 5.75 Å². The van der Waals surface area contributed by atoms with E-state index in [0.29, 0.717) is 12.8 Å². The van der Waals surface area contributed by atoms with Crippen LogP contribution in [0.25, 0.3) is 0 Å². The van der Waals surface area contributed by atoms with Crippen molar-refractivity contribution in [1.82, 2.24) is 0 Å². The normalized spacial score (nSPS) is 11.3. The Morgan fingerprint density at radius 1 is 0.920 bits per heavy atom. The van der Waals surface area contributed by atoms with Crippen molar-refractivity contribution in [2.75, 3.05) is 0 Å².